The number of unbranched alkanes of at least 4 members (excludes halogenated alkanes) is 2. The number of thiophene rings is 1. The number of hydrogen-bond donors (Lipinski definition) is 1. The van der Waals surface area contributed by atoms with Crippen molar-refractivity contribution in [3.05, 3.63) is 33.6 Å². The van der Waals surface area contributed by atoms with Crippen LogP contribution in [0.4, 0.5) is 5.13 Å². The van der Waals surface area contributed by atoms with Crippen molar-refractivity contribution in [3.63, 3.8) is 0 Å². The van der Waals surface area contributed by atoms with Crippen LogP contribution < -0.4 is 5.32 Å². The van der Waals surface area contributed by atoms with Crippen LogP contribution in [0.25, 0.3) is 9.88 Å². The molecule has 23 heavy (non-hydrogen) atoms. The van der Waals surface area contributed by atoms with Gasteiger partial charge in [-0.1, -0.05) is 37.2 Å². The summed E-state index contributed by atoms with van der Waals surface area (Å²) in [4.78, 5) is 17.7. The summed E-state index contributed by atoms with van der Waals surface area (Å²) in [6.45, 7) is 2.17. The molecule has 0 saturated heterocycles. The van der Waals surface area contributed by atoms with E-state index in [1.165, 1.54) is 35.5 Å². The Morgan fingerprint density at radius 3 is 2.96 bits per heavy atom. The normalized spacial score (nSPS) is 10.8. The molecule has 0 spiro atoms. The fraction of sp³-hybridized carbons (Fsp3) is 0.333. The molecular formula is C15H16N4OS3. The number of carbonyl (C=O) groups is 1. The molecule has 0 fully saturated rings. The summed E-state index contributed by atoms with van der Waals surface area (Å²) in [6.07, 6.45) is 4.39. The minimum absolute atomic E-state index is 0.236. The minimum atomic E-state index is -0.236. The van der Waals surface area contributed by atoms with Gasteiger partial charge in [0.25, 0.3) is 5.91 Å². The Morgan fingerprint density at radius 2 is 2.17 bits per heavy atom. The number of aromatic nitrogens is 3. The van der Waals surface area contributed by atoms with E-state index >= 15 is 0 Å². The maximum Gasteiger partial charge on any atom is 0.276 e. The number of amides is 1. The van der Waals surface area contributed by atoms with Gasteiger partial charge < -0.3 is 0 Å². The molecule has 0 radical (unpaired) electrons. The lowest BCUT2D eigenvalue weighted by Gasteiger charge is -1.96. The smallest absolute Gasteiger partial charge is 0.276 e. The van der Waals surface area contributed by atoms with Crippen molar-refractivity contribution < 1.29 is 4.79 Å². The van der Waals surface area contributed by atoms with Gasteiger partial charge in [0.15, 0.2) is 0 Å². The van der Waals surface area contributed by atoms with Gasteiger partial charge in [-0.25, -0.2) is 4.98 Å². The van der Waals surface area contributed by atoms with E-state index in [1.54, 1.807) is 16.7 Å². The van der Waals surface area contributed by atoms with Gasteiger partial charge in [-0.3, -0.25) is 10.1 Å². The Kier molecular flexibility index (Phi) is 5.47. The lowest BCUT2D eigenvalue weighted by Crippen LogP contribution is -2.12. The van der Waals surface area contributed by atoms with Crippen molar-refractivity contribution >= 4 is 45.0 Å². The first-order chi connectivity index (χ1) is 11.3. The number of aryl methyl sites for hydroxylation is 1. The van der Waals surface area contributed by atoms with Crippen LogP contribution in [-0.4, -0.2) is 21.1 Å². The van der Waals surface area contributed by atoms with Gasteiger partial charge in [0, 0.05) is 11.8 Å². The zero-order valence-corrected chi connectivity index (χ0v) is 15.1. The molecule has 120 valence electrons. The molecule has 1 amide bonds. The average molecular weight is 365 g/mol. The first-order valence-corrected chi connectivity index (χ1v) is 9.97. The van der Waals surface area contributed by atoms with Crippen LogP contribution in [0.15, 0.2) is 22.9 Å². The molecule has 3 aromatic rings. The Morgan fingerprint density at radius 1 is 1.26 bits per heavy atom. The fourth-order valence-corrected chi connectivity index (χ4v) is 4.37. The van der Waals surface area contributed by atoms with Gasteiger partial charge >= 0.3 is 0 Å². The molecule has 0 atom stereocenters. The molecule has 0 unspecified atom stereocenters. The Balaban J connectivity index is 1.61. The second kappa shape index (κ2) is 7.76. The van der Waals surface area contributed by atoms with E-state index in [9.17, 15) is 4.79 Å². The highest BCUT2D eigenvalue weighted by atomic mass is 32.1. The summed E-state index contributed by atoms with van der Waals surface area (Å²) >= 11 is 4.52. The van der Waals surface area contributed by atoms with Gasteiger partial charge in [0.05, 0.1) is 4.88 Å². The second-order valence-electron chi connectivity index (χ2n) is 4.93. The number of carbonyl (C=O) groups excluding carboxylic acids is 1. The molecule has 0 bridgehead atoms. The topological polar surface area (TPSA) is 67.8 Å². The highest BCUT2D eigenvalue weighted by Crippen LogP contribution is 2.28. The highest BCUT2D eigenvalue weighted by Gasteiger charge is 2.14. The molecule has 0 aliphatic rings. The van der Waals surface area contributed by atoms with E-state index < -0.39 is 0 Å². The SMILES string of the molecule is CCCCCc1nnc(NC(=O)c2csc(-c3cccs3)n2)s1. The van der Waals surface area contributed by atoms with E-state index in [-0.39, 0.29) is 5.91 Å². The van der Waals surface area contributed by atoms with Crippen LogP contribution in [0.5, 0.6) is 0 Å². The van der Waals surface area contributed by atoms with Crippen LogP contribution >= 0.6 is 34.0 Å². The van der Waals surface area contributed by atoms with Crippen molar-refractivity contribution in [3.8, 4) is 9.88 Å². The Labute approximate surface area is 146 Å². The predicted octanol–water partition coefficient (Wildman–Crippen LogP) is 4.71. The zero-order chi connectivity index (χ0) is 16.1. The largest absolute Gasteiger partial charge is 0.295 e. The standard InChI is InChI=1S/C15H16N4OS3/c1-2-3-4-7-12-18-19-15(23-12)17-13(20)10-9-22-14(16-10)11-6-5-8-21-11/h5-6,8-9H,2-4,7H2,1H3,(H,17,19,20). The third kappa shape index (κ3) is 4.21. The second-order valence-corrected chi connectivity index (χ2v) is 7.80. The Hall–Kier alpha value is -1.64. The monoisotopic (exact) mass is 364 g/mol. The molecule has 3 aromatic heterocycles. The summed E-state index contributed by atoms with van der Waals surface area (Å²) in [7, 11) is 0. The number of anilines is 1. The minimum Gasteiger partial charge on any atom is -0.295 e. The molecule has 3 rings (SSSR count). The first kappa shape index (κ1) is 16.2. The summed E-state index contributed by atoms with van der Waals surface area (Å²) < 4.78 is 0. The van der Waals surface area contributed by atoms with Crippen molar-refractivity contribution in [1.29, 1.82) is 0 Å². The van der Waals surface area contributed by atoms with E-state index in [0.717, 1.165) is 27.7 Å². The molecule has 0 aliphatic heterocycles. The third-order valence-corrected chi connectivity index (χ3v) is 5.93. The van der Waals surface area contributed by atoms with Crippen molar-refractivity contribution in [2.75, 3.05) is 5.32 Å². The molecule has 1 N–H and O–H groups in total. The molecule has 8 heteroatoms. The molecule has 0 aliphatic carbocycles. The number of nitrogens with one attached hydrogen (secondary N) is 1. The summed E-state index contributed by atoms with van der Waals surface area (Å²) in [5, 5.41) is 17.1. The predicted molar refractivity (Wildman–Crippen MR) is 96.5 cm³/mol. The zero-order valence-electron chi connectivity index (χ0n) is 12.6. The maximum atomic E-state index is 12.2. The van der Waals surface area contributed by atoms with Crippen LogP contribution in [0.2, 0.25) is 0 Å². The lowest BCUT2D eigenvalue weighted by molar-refractivity contribution is 0.102. The van der Waals surface area contributed by atoms with E-state index in [0.29, 0.717) is 10.8 Å². The van der Waals surface area contributed by atoms with E-state index in [4.69, 9.17) is 0 Å². The van der Waals surface area contributed by atoms with E-state index in [1.807, 2.05) is 17.5 Å². The highest BCUT2D eigenvalue weighted by molar-refractivity contribution is 7.20. The van der Waals surface area contributed by atoms with Gasteiger partial charge in [-0.05, 0) is 17.9 Å². The lowest BCUT2D eigenvalue weighted by atomic mass is 10.2. The van der Waals surface area contributed by atoms with Crippen LogP contribution in [0, 0.1) is 0 Å². The van der Waals surface area contributed by atoms with Crippen LogP contribution in [-0.2, 0) is 6.42 Å². The molecule has 0 aromatic carbocycles. The Bertz CT molecular complexity index is 763. The van der Waals surface area contributed by atoms with Crippen molar-refractivity contribution in [2.45, 2.75) is 32.6 Å². The fourth-order valence-electron chi connectivity index (χ4n) is 1.98. The van der Waals surface area contributed by atoms with Crippen molar-refractivity contribution in [2.24, 2.45) is 0 Å². The maximum absolute atomic E-state index is 12.2. The van der Waals surface area contributed by atoms with Gasteiger partial charge in [0.1, 0.15) is 15.7 Å². The number of thiazole rings is 1. The summed E-state index contributed by atoms with van der Waals surface area (Å²) in [6, 6.07) is 3.97. The molecular weight excluding hydrogens is 348 g/mol. The summed E-state index contributed by atoms with van der Waals surface area (Å²) in [5.41, 5.74) is 0.418. The molecule has 0 saturated carbocycles. The van der Waals surface area contributed by atoms with Crippen LogP contribution in [0.1, 0.15) is 41.7 Å². The quantitative estimate of drug-likeness (QED) is 0.617. The van der Waals surface area contributed by atoms with Gasteiger partial charge in [-0.2, -0.15) is 0 Å². The average Bonchev–Trinajstić information content (AvgIpc) is 3.29. The summed E-state index contributed by atoms with van der Waals surface area (Å²) in [5.74, 6) is -0.236. The number of hydrogen-bond acceptors (Lipinski definition) is 7. The van der Waals surface area contributed by atoms with Gasteiger partial charge in [-0.15, -0.1) is 32.9 Å². The molecule has 5 nitrogen and oxygen atoms in total. The van der Waals surface area contributed by atoms with Gasteiger partial charge in [0.2, 0.25) is 5.13 Å². The molecule has 3 heterocycles. The number of rotatable bonds is 7. The number of nitrogens with zero attached hydrogens (tertiary/aromatic N) is 3. The third-order valence-electron chi connectivity index (χ3n) is 3.15. The van der Waals surface area contributed by atoms with Crippen molar-refractivity contribution in [1.82, 2.24) is 15.2 Å². The van der Waals surface area contributed by atoms with Crippen LogP contribution in [0.3, 0.4) is 0 Å². The van der Waals surface area contributed by atoms with E-state index in [2.05, 4.69) is 27.4 Å². The first-order valence-electron chi connectivity index (χ1n) is 7.39.